The topological polar surface area (TPSA) is 169 Å². The second kappa shape index (κ2) is 35.3. The third-order valence-electron chi connectivity index (χ3n) is 9.65. The molecule has 1 rings (SSSR count). The number of hydrogen-bond acceptors (Lipinski definition) is 10. The molecule has 0 aromatic carbocycles. The summed E-state index contributed by atoms with van der Waals surface area (Å²) in [6.07, 6.45) is 31.6. The number of hydrogen-bond donors (Lipinski definition) is 4. The van der Waals surface area contributed by atoms with Crippen LogP contribution in [-0.2, 0) is 33.3 Å². The van der Waals surface area contributed by atoms with Crippen LogP contribution in [0, 0.1) is 0 Å². The van der Waals surface area contributed by atoms with E-state index in [0.717, 1.165) is 89.9 Å². The van der Waals surface area contributed by atoms with E-state index >= 15 is 0 Å². The van der Waals surface area contributed by atoms with E-state index in [1.54, 1.807) is 0 Å². The number of carboxylic acid groups (broad SMARTS) is 1. The van der Waals surface area contributed by atoms with Crippen LogP contribution in [0.25, 0.3) is 0 Å². The minimum Gasteiger partial charge on any atom is -0.479 e. The number of esters is 2. The first-order valence-electron chi connectivity index (χ1n) is 21.7. The molecule has 6 unspecified atom stereocenters. The van der Waals surface area contributed by atoms with Crippen molar-refractivity contribution in [3.8, 4) is 0 Å². The molecule has 11 nitrogen and oxygen atoms in total. The number of aliphatic hydroxyl groups is 3. The van der Waals surface area contributed by atoms with Crippen molar-refractivity contribution in [2.24, 2.45) is 0 Å². The molecule has 1 fully saturated rings. The van der Waals surface area contributed by atoms with E-state index in [-0.39, 0.29) is 19.4 Å². The summed E-state index contributed by atoms with van der Waals surface area (Å²) >= 11 is 0. The average molecular weight is 793 g/mol. The monoisotopic (exact) mass is 793 g/mol. The normalized spacial score (nSPS) is 20.8. The van der Waals surface area contributed by atoms with Gasteiger partial charge in [-0.2, -0.15) is 0 Å². The van der Waals surface area contributed by atoms with E-state index in [1.807, 2.05) is 0 Å². The van der Waals surface area contributed by atoms with E-state index in [1.165, 1.54) is 38.5 Å². The van der Waals surface area contributed by atoms with Gasteiger partial charge < -0.3 is 39.4 Å². The molecule has 0 spiro atoms. The van der Waals surface area contributed by atoms with Crippen molar-refractivity contribution in [3.63, 3.8) is 0 Å². The molecular formula is C45H76O11. The number of carbonyl (C=O) groups is 3. The zero-order valence-corrected chi connectivity index (χ0v) is 34.6. The molecule has 1 heterocycles. The van der Waals surface area contributed by atoms with Crippen LogP contribution < -0.4 is 0 Å². The Bertz CT molecular complexity index is 1120. The molecule has 0 aromatic rings. The number of aliphatic hydroxyl groups excluding tert-OH is 3. The Hall–Kier alpha value is -2.83. The van der Waals surface area contributed by atoms with Gasteiger partial charge >= 0.3 is 17.9 Å². The number of unbranched alkanes of at least 4 members (excludes halogenated alkanes) is 16. The smallest absolute Gasteiger partial charge is 0.335 e. The fourth-order valence-corrected chi connectivity index (χ4v) is 6.17. The molecule has 4 N–H and O–H groups in total. The molecule has 6 atom stereocenters. The Morgan fingerprint density at radius 3 is 1.48 bits per heavy atom. The van der Waals surface area contributed by atoms with Crippen LogP contribution >= 0.6 is 0 Å². The van der Waals surface area contributed by atoms with Crippen molar-refractivity contribution in [1.29, 1.82) is 0 Å². The highest BCUT2D eigenvalue weighted by Gasteiger charge is 2.47. The van der Waals surface area contributed by atoms with Gasteiger partial charge in [-0.25, -0.2) is 4.79 Å². The zero-order chi connectivity index (χ0) is 41.1. The second-order valence-corrected chi connectivity index (χ2v) is 14.8. The summed E-state index contributed by atoms with van der Waals surface area (Å²) in [5.74, 6) is -2.48. The lowest BCUT2D eigenvalue weighted by molar-refractivity contribution is -0.298. The van der Waals surface area contributed by atoms with Gasteiger partial charge in [-0.15, -0.1) is 0 Å². The first kappa shape index (κ1) is 51.2. The highest BCUT2D eigenvalue weighted by molar-refractivity contribution is 5.73. The molecule has 11 heteroatoms. The van der Waals surface area contributed by atoms with Gasteiger partial charge in [0.05, 0.1) is 6.61 Å². The Kier molecular flexibility index (Phi) is 32.3. The molecule has 0 saturated carbocycles. The van der Waals surface area contributed by atoms with Crippen LogP contribution in [0.3, 0.4) is 0 Å². The summed E-state index contributed by atoms with van der Waals surface area (Å²) in [7, 11) is 0. The van der Waals surface area contributed by atoms with Gasteiger partial charge in [0.2, 0.25) is 0 Å². The Morgan fingerprint density at radius 2 is 1.00 bits per heavy atom. The van der Waals surface area contributed by atoms with Crippen molar-refractivity contribution in [2.75, 3.05) is 13.2 Å². The van der Waals surface area contributed by atoms with Gasteiger partial charge in [-0.3, -0.25) is 9.59 Å². The summed E-state index contributed by atoms with van der Waals surface area (Å²) in [6.45, 7) is 3.72. The van der Waals surface area contributed by atoms with Gasteiger partial charge in [0, 0.05) is 12.8 Å². The maximum Gasteiger partial charge on any atom is 0.335 e. The molecule has 0 aromatic heterocycles. The molecule has 1 aliphatic rings. The number of carbonyl (C=O) groups excluding carboxylic acids is 2. The van der Waals surface area contributed by atoms with Gasteiger partial charge in [-0.1, -0.05) is 127 Å². The van der Waals surface area contributed by atoms with E-state index in [0.29, 0.717) is 12.8 Å². The fourth-order valence-electron chi connectivity index (χ4n) is 6.17. The first-order chi connectivity index (χ1) is 27.2. The van der Waals surface area contributed by atoms with Crippen LogP contribution in [0.2, 0.25) is 0 Å². The number of ether oxygens (including phenoxy) is 4. The van der Waals surface area contributed by atoms with Crippen LogP contribution in [0.15, 0.2) is 48.6 Å². The lowest BCUT2D eigenvalue weighted by atomic mass is 9.99. The second-order valence-electron chi connectivity index (χ2n) is 14.8. The van der Waals surface area contributed by atoms with E-state index < -0.39 is 61.3 Å². The van der Waals surface area contributed by atoms with Gasteiger partial charge in [0.1, 0.15) is 24.9 Å². The minimum absolute atomic E-state index is 0.162. The molecule has 56 heavy (non-hydrogen) atoms. The maximum absolute atomic E-state index is 12.7. The Morgan fingerprint density at radius 1 is 0.554 bits per heavy atom. The summed E-state index contributed by atoms with van der Waals surface area (Å²) < 4.78 is 21.7. The zero-order valence-electron chi connectivity index (χ0n) is 34.6. The summed E-state index contributed by atoms with van der Waals surface area (Å²) in [5.41, 5.74) is 0. The molecule has 322 valence electrons. The average Bonchev–Trinajstić information content (AvgIpc) is 3.18. The number of rotatable bonds is 35. The van der Waals surface area contributed by atoms with Crippen molar-refractivity contribution >= 4 is 17.9 Å². The molecule has 0 aliphatic carbocycles. The molecule has 0 amide bonds. The van der Waals surface area contributed by atoms with Crippen molar-refractivity contribution in [1.82, 2.24) is 0 Å². The van der Waals surface area contributed by atoms with Crippen molar-refractivity contribution in [2.45, 2.75) is 205 Å². The van der Waals surface area contributed by atoms with E-state index in [2.05, 4.69) is 62.5 Å². The quantitative estimate of drug-likeness (QED) is 0.0275. The highest BCUT2D eigenvalue weighted by Crippen LogP contribution is 2.23. The minimum atomic E-state index is -1.87. The van der Waals surface area contributed by atoms with Crippen LogP contribution in [-0.4, -0.2) is 88.4 Å². The predicted molar refractivity (Wildman–Crippen MR) is 220 cm³/mol. The predicted octanol–water partition coefficient (Wildman–Crippen LogP) is 8.98. The Labute approximate surface area is 337 Å². The summed E-state index contributed by atoms with van der Waals surface area (Å²) in [5, 5.41) is 39.8. The van der Waals surface area contributed by atoms with Gasteiger partial charge in [-0.05, 0) is 77.0 Å². The van der Waals surface area contributed by atoms with Crippen LogP contribution in [0.5, 0.6) is 0 Å². The van der Waals surface area contributed by atoms with E-state index in [4.69, 9.17) is 18.9 Å². The summed E-state index contributed by atoms with van der Waals surface area (Å²) in [6, 6.07) is 0. The summed E-state index contributed by atoms with van der Waals surface area (Å²) in [4.78, 5) is 36.8. The highest BCUT2D eigenvalue weighted by atomic mass is 16.7. The largest absolute Gasteiger partial charge is 0.479 e. The number of allylic oxidation sites excluding steroid dienone is 8. The lowest BCUT2D eigenvalue weighted by Gasteiger charge is -2.38. The molecule has 0 radical (unpaired) electrons. The standard InChI is InChI=1S/C45H76O11/c1-3-5-7-9-11-13-15-17-19-21-23-25-27-29-31-33-38(46)53-35-37(36-54-45-42(50)40(48)41(49)43(56-45)44(51)52)55-39(47)34-32-30-28-26-24-22-20-18-16-14-12-10-8-6-4-2/h11-14,17-20,37,40-43,45,48-50H,3-10,15-16,21-36H2,1-2H3,(H,51,52)/b13-11-,14-12-,19-17-,20-18-. The molecule has 0 bridgehead atoms. The fraction of sp³-hybridized carbons (Fsp3) is 0.756. The maximum atomic E-state index is 12.7. The van der Waals surface area contributed by atoms with E-state index in [9.17, 15) is 34.8 Å². The van der Waals surface area contributed by atoms with Crippen molar-refractivity contribution < 1.29 is 53.8 Å². The molecule has 1 aliphatic heterocycles. The SMILES string of the molecule is CCCCC/C=C\C/C=C\CCCCCCCC(=O)OCC(COC1OC(C(=O)O)C(O)C(O)C1O)OC(=O)CCCCCCC/C=C\C/C=C\CCCCC. The van der Waals surface area contributed by atoms with Crippen molar-refractivity contribution in [3.05, 3.63) is 48.6 Å². The number of aliphatic carboxylic acids is 1. The molecule has 1 saturated heterocycles. The van der Waals surface area contributed by atoms with Gasteiger partial charge in [0.25, 0.3) is 0 Å². The third kappa shape index (κ3) is 26.9. The number of carboxylic acids is 1. The van der Waals surface area contributed by atoms with Crippen LogP contribution in [0.4, 0.5) is 0 Å². The first-order valence-corrected chi connectivity index (χ1v) is 21.7. The Balaban J connectivity index is 2.42. The molecular weight excluding hydrogens is 716 g/mol. The lowest BCUT2D eigenvalue weighted by Crippen LogP contribution is -2.60. The third-order valence-corrected chi connectivity index (χ3v) is 9.65. The van der Waals surface area contributed by atoms with Gasteiger partial charge in [0.15, 0.2) is 18.5 Å². The van der Waals surface area contributed by atoms with Crippen LogP contribution in [0.1, 0.15) is 168 Å².